The van der Waals surface area contributed by atoms with Gasteiger partial charge in [0.2, 0.25) is 0 Å². The molecule has 0 saturated heterocycles. The number of rotatable bonds is 5. The second-order valence-electron chi connectivity index (χ2n) is 4.13. The van der Waals surface area contributed by atoms with Crippen LogP contribution in [0.25, 0.3) is 4.96 Å². The van der Waals surface area contributed by atoms with E-state index in [1.165, 1.54) is 15.7 Å². The van der Waals surface area contributed by atoms with Crippen molar-refractivity contribution in [1.82, 2.24) is 9.38 Å². The van der Waals surface area contributed by atoms with E-state index in [0.717, 1.165) is 5.75 Å². The molecule has 108 valence electrons. The SMILES string of the molecule is CCOc1ccc(Oc2nc3sccn3c2C(=O)O)cc1. The van der Waals surface area contributed by atoms with E-state index in [4.69, 9.17) is 9.47 Å². The number of ether oxygens (including phenoxy) is 2. The maximum Gasteiger partial charge on any atom is 0.358 e. The summed E-state index contributed by atoms with van der Waals surface area (Å²) in [5.74, 6) is 0.237. The number of hydrogen-bond donors (Lipinski definition) is 1. The summed E-state index contributed by atoms with van der Waals surface area (Å²) in [6.45, 7) is 2.49. The summed E-state index contributed by atoms with van der Waals surface area (Å²) in [5.41, 5.74) is 0.0140. The quantitative estimate of drug-likeness (QED) is 0.783. The number of imidazole rings is 1. The summed E-state index contributed by atoms with van der Waals surface area (Å²) in [7, 11) is 0. The van der Waals surface area contributed by atoms with Crippen LogP contribution in [-0.4, -0.2) is 27.1 Å². The fourth-order valence-electron chi connectivity index (χ4n) is 1.91. The molecule has 0 aliphatic heterocycles. The molecule has 3 rings (SSSR count). The zero-order chi connectivity index (χ0) is 14.8. The van der Waals surface area contributed by atoms with Crippen LogP contribution in [0.15, 0.2) is 35.8 Å². The average Bonchev–Trinajstić information content (AvgIpc) is 3.01. The first kappa shape index (κ1) is 13.4. The lowest BCUT2D eigenvalue weighted by Gasteiger charge is -2.06. The number of nitrogens with zero attached hydrogens (tertiary/aromatic N) is 2. The standard InChI is InChI=1S/C14H12N2O4S/c1-2-19-9-3-5-10(6-4-9)20-12-11(13(17)18)16-7-8-21-14(16)15-12/h3-8H,2H2,1H3,(H,17,18). The second-order valence-corrected chi connectivity index (χ2v) is 5.01. The molecule has 2 heterocycles. The zero-order valence-corrected chi connectivity index (χ0v) is 12.0. The minimum atomic E-state index is -1.08. The van der Waals surface area contributed by atoms with Crippen molar-refractivity contribution in [2.75, 3.05) is 6.61 Å². The molecule has 0 fully saturated rings. The van der Waals surface area contributed by atoms with Gasteiger partial charge >= 0.3 is 5.97 Å². The molecule has 6 nitrogen and oxygen atoms in total. The number of fused-ring (bicyclic) bond motifs is 1. The van der Waals surface area contributed by atoms with Gasteiger partial charge in [0, 0.05) is 11.6 Å². The van der Waals surface area contributed by atoms with Gasteiger partial charge in [0.05, 0.1) is 6.61 Å². The van der Waals surface area contributed by atoms with Crippen LogP contribution in [0.2, 0.25) is 0 Å². The molecule has 21 heavy (non-hydrogen) atoms. The van der Waals surface area contributed by atoms with Gasteiger partial charge < -0.3 is 14.6 Å². The van der Waals surface area contributed by atoms with Gasteiger partial charge in [-0.1, -0.05) is 0 Å². The number of aromatic nitrogens is 2. The summed E-state index contributed by atoms with van der Waals surface area (Å²) >= 11 is 1.35. The van der Waals surface area contributed by atoms with Crippen molar-refractivity contribution in [2.45, 2.75) is 6.92 Å². The van der Waals surface area contributed by atoms with E-state index in [2.05, 4.69) is 4.98 Å². The number of carboxylic acids is 1. The van der Waals surface area contributed by atoms with E-state index >= 15 is 0 Å². The normalized spacial score (nSPS) is 10.7. The molecule has 0 unspecified atom stereocenters. The maximum absolute atomic E-state index is 11.4. The Hall–Kier alpha value is -2.54. The number of aromatic carboxylic acids is 1. The largest absolute Gasteiger partial charge is 0.494 e. The second kappa shape index (κ2) is 5.45. The molecule has 0 aliphatic rings. The molecule has 0 saturated carbocycles. The van der Waals surface area contributed by atoms with Crippen molar-refractivity contribution in [3.63, 3.8) is 0 Å². The third-order valence-corrected chi connectivity index (χ3v) is 3.54. The lowest BCUT2D eigenvalue weighted by molar-refractivity contribution is 0.0686. The van der Waals surface area contributed by atoms with Gasteiger partial charge in [0.15, 0.2) is 10.7 Å². The molecular formula is C14H12N2O4S. The van der Waals surface area contributed by atoms with E-state index in [0.29, 0.717) is 17.3 Å². The molecule has 0 amide bonds. The first-order valence-electron chi connectivity index (χ1n) is 6.28. The summed E-state index contributed by atoms with van der Waals surface area (Å²) in [5, 5.41) is 11.1. The maximum atomic E-state index is 11.4. The highest BCUT2D eigenvalue weighted by Crippen LogP contribution is 2.28. The van der Waals surface area contributed by atoms with Crippen LogP contribution >= 0.6 is 11.3 Å². The molecule has 0 spiro atoms. The van der Waals surface area contributed by atoms with E-state index < -0.39 is 5.97 Å². The van der Waals surface area contributed by atoms with Gasteiger partial charge in [-0.15, -0.1) is 11.3 Å². The Kier molecular flexibility index (Phi) is 3.49. The molecule has 0 atom stereocenters. The topological polar surface area (TPSA) is 73.1 Å². The molecule has 3 aromatic rings. The average molecular weight is 304 g/mol. The van der Waals surface area contributed by atoms with E-state index in [-0.39, 0.29) is 11.6 Å². The smallest absolute Gasteiger partial charge is 0.358 e. The minimum Gasteiger partial charge on any atom is -0.494 e. The van der Waals surface area contributed by atoms with Gasteiger partial charge in [0.25, 0.3) is 5.88 Å². The highest BCUT2D eigenvalue weighted by atomic mass is 32.1. The lowest BCUT2D eigenvalue weighted by atomic mass is 10.3. The summed E-state index contributed by atoms with van der Waals surface area (Å²) < 4.78 is 12.4. The fourth-order valence-corrected chi connectivity index (χ4v) is 2.62. The predicted octanol–water partition coefficient (Wildman–Crippen LogP) is 3.29. The Balaban J connectivity index is 1.92. The van der Waals surface area contributed by atoms with Gasteiger partial charge in [-0.2, -0.15) is 4.98 Å². The van der Waals surface area contributed by atoms with Gasteiger partial charge in [-0.3, -0.25) is 4.40 Å². The van der Waals surface area contributed by atoms with Crippen LogP contribution in [-0.2, 0) is 0 Å². The van der Waals surface area contributed by atoms with Crippen LogP contribution < -0.4 is 9.47 Å². The Morgan fingerprint density at radius 2 is 2.05 bits per heavy atom. The lowest BCUT2D eigenvalue weighted by Crippen LogP contribution is -2.02. The highest BCUT2D eigenvalue weighted by molar-refractivity contribution is 7.15. The van der Waals surface area contributed by atoms with Crippen LogP contribution in [0.3, 0.4) is 0 Å². The predicted molar refractivity (Wildman–Crippen MR) is 77.7 cm³/mol. The number of benzene rings is 1. The molecular weight excluding hydrogens is 292 g/mol. The Morgan fingerprint density at radius 3 is 2.71 bits per heavy atom. The van der Waals surface area contributed by atoms with Crippen LogP contribution in [0.1, 0.15) is 17.4 Å². The van der Waals surface area contributed by atoms with E-state index in [1.807, 2.05) is 6.92 Å². The molecule has 2 aromatic heterocycles. The van der Waals surface area contributed by atoms with Crippen molar-refractivity contribution in [3.05, 3.63) is 41.5 Å². The first-order chi connectivity index (χ1) is 10.2. The van der Waals surface area contributed by atoms with E-state index in [9.17, 15) is 9.90 Å². The number of carboxylic acid groups (broad SMARTS) is 1. The van der Waals surface area contributed by atoms with E-state index in [1.54, 1.807) is 35.8 Å². The summed E-state index contributed by atoms with van der Waals surface area (Å²) in [6, 6.07) is 6.95. The molecule has 0 bridgehead atoms. The zero-order valence-electron chi connectivity index (χ0n) is 11.1. The Labute approximate surface area is 124 Å². The third kappa shape index (κ3) is 2.55. The minimum absolute atomic E-state index is 0.0140. The fraction of sp³-hybridized carbons (Fsp3) is 0.143. The number of carbonyl (C=O) groups is 1. The third-order valence-electron chi connectivity index (χ3n) is 2.78. The first-order valence-corrected chi connectivity index (χ1v) is 7.16. The van der Waals surface area contributed by atoms with Crippen molar-refractivity contribution < 1.29 is 19.4 Å². The van der Waals surface area contributed by atoms with Crippen LogP contribution in [0.5, 0.6) is 17.4 Å². The molecule has 0 radical (unpaired) electrons. The highest BCUT2D eigenvalue weighted by Gasteiger charge is 2.21. The Bertz CT molecular complexity index is 776. The van der Waals surface area contributed by atoms with Gasteiger partial charge in [-0.05, 0) is 31.2 Å². The molecule has 0 aliphatic carbocycles. The molecule has 7 heteroatoms. The number of hydrogen-bond acceptors (Lipinski definition) is 5. The summed E-state index contributed by atoms with van der Waals surface area (Å²) in [4.78, 5) is 16.1. The van der Waals surface area contributed by atoms with Gasteiger partial charge in [0.1, 0.15) is 11.5 Å². The Morgan fingerprint density at radius 1 is 1.33 bits per heavy atom. The monoisotopic (exact) mass is 304 g/mol. The van der Waals surface area contributed by atoms with Crippen molar-refractivity contribution in [2.24, 2.45) is 0 Å². The van der Waals surface area contributed by atoms with Crippen LogP contribution in [0.4, 0.5) is 0 Å². The van der Waals surface area contributed by atoms with Gasteiger partial charge in [-0.25, -0.2) is 4.79 Å². The summed E-state index contributed by atoms with van der Waals surface area (Å²) in [6.07, 6.45) is 1.65. The van der Waals surface area contributed by atoms with Crippen LogP contribution in [0, 0.1) is 0 Å². The molecule has 1 aromatic carbocycles. The van der Waals surface area contributed by atoms with Crippen molar-refractivity contribution >= 4 is 22.3 Å². The number of thiazole rings is 1. The van der Waals surface area contributed by atoms with Crippen molar-refractivity contribution in [3.8, 4) is 17.4 Å². The molecule has 1 N–H and O–H groups in total. The van der Waals surface area contributed by atoms with Crippen molar-refractivity contribution in [1.29, 1.82) is 0 Å².